The highest BCUT2D eigenvalue weighted by Gasteiger charge is 2.03. The molecule has 2 rings (SSSR count). The Morgan fingerprint density at radius 3 is 2.88 bits per heavy atom. The molecule has 0 unspecified atom stereocenters. The molecule has 0 aliphatic rings. The van der Waals surface area contributed by atoms with Crippen molar-refractivity contribution in [1.82, 2.24) is 4.98 Å². The predicted octanol–water partition coefficient (Wildman–Crippen LogP) is 4.10. The zero-order valence-corrected chi connectivity index (χ0v) is 11.6. The van der Waals surface area contributed by atoms with Crippen molar-refractivity contribution in [3.05, 3.63) is 44.3 Å². The van der Waals surface area contributed by atoms with Crippen LogP contribution < -0.4 is 4.74 Å². The fraction of sp³-hybridized carbons (Fsp3) is 0.250. The van der Waals surface area contributed by atoms with Crippen molar-refractivity contribution in [2.75, 3.05) is 0 Å². The van der Waals surface area contributed by atoms with E-state index in [1.54, 1.807) is 11.3 Å². The molecule has 1 aromatic carbocycles. The third-order valence-corrected chi connectivity index (χ3v) is 3.60. The largest absolute Gasteiger partial charge is 0.486 e. The molecule has 16 heavy (non-hydrogen) atoms. The predicted molar refractivity (Wildman–Crippen MR) is 70.1 cm³/mol. The highest BCUT2D eigenvalue weighted by Crippen LogP contribution is 2.24. The summed E-state index contributed by atoms with van der Waals surface area (Å²) in [6.07, 6.45) is 0. The fourth-order valence-corrected chi connectivity index (χ4v) is 2.36. The average Bonchev–Trinajstić information content (AvgIpc) is 2.66. The van der Waals surface area contributed by atoms with Crippen LogP contribution in [0.1, 0.15) is 16.3 Å². The Morgan fingerprint density at radius 1 is 1.38 bits per heavy atom. The lowest BCUT2D eigenvalue weighted by Gasteiger charge is -2.07. The van der Waals surface area contributed by atoms with E-state index < -0.39 is 0 Å². The number of hydrogen-bond donors (Lipinski definition) is 0. The van der Waals surface area contributed by atoms with E-state index in [0.717, 1.165) is 26.5 Å². The minimum absolute atomic E-state index is 0.538. The van der Waals surface area contributed by atoms with Gasteiger partial charge < -0.3 is 4.74 Å². The Labute approximate surface area is 107 Å². The Bertz CT molecular complexity index is 496. The van der Waals surface area contributed by atoms with Gasteiger partial charge in [0.2, 0.25) is 0 Å². The third kappa shape index (κ3) is 2.83. The maximum Gasteiger partial charge on any atom is 0.140 e. The summed E-state index contributed by atoms with van der Waals surface area (Å²) in [5.41, 5.74) is 2.19. The van der Waals surface area contributed by atoms with Gasteiger partial charge in [0, 0.05) is 15.5 Å². The molecule has 0 fully saturated rings. The van der Waals surface area contributed by atoms with Gasteiger partial charge in [-0.25, -0.2) is 4.98 Å². The van der Waals surface area contributed by atoms with Crippen LogP contribution in [0.2, 0.25) is 0 Å². The number of aromatic nitrogens is 1. The number of halogens is 1. The van der Waals surface area contributed by atoms with Crippen LogP contribution in [-0.2, 0) is 6.61 Å². The molecule has 0 saturated heterocycles. The summed E-state index contributed by atoms with van der Waals surface area (Å²) in [5.74, 6) is 0.905. The van der Waals surface area contributed by atoms with Crippen molar-refractivity contribution in [2.24, 2.45) is 0 Å². The van der Waals surface area contributed by atoms with Crippen LogP contribution in [0.25, 0.3) is 0 Å². The van der Waals surface area contributed by atoms with Crippen LogP contribution in [0.4, 0.5) is 0 Å². The number of benzene rings is 1. The Kier molecular flexibility index (Phi) is 3.61. The number of rotatable bonds is 3. The van der Waals surface area contributed by atoms with Crippen LogP contribution in [0.15, 0.2) is 28.1 Å². The molecule has 0 spiro atoms. The van der Waals surface area contributed by atoms with E-state index in [2.05, 4.69) is 20.9 Å². The first kappa shape index (κ1) is 11.6. The summed E-state index contributed by atoms with van der Waals surface area (Å²) in [6.45, 7) is 4.56. The molecule has 0 atom stereocenters. The second kappa shape index (κ2) is 4.97. The molecule has 0 N–H and O–H groups in total. The van der Waals surface area contributed by atoms with Gasteiger partial charge in [-0.05, 0) is 31.5 Å². The maximum atomic E-state index is 5.73. The van der Waals surface area contributed by atoms with Gasteiger partial charge in [-0.2, -0.15) is 0 Å². The highest BCUT2D eigenvalue weighted by atomic mass is 79.9. The van der Waals surface area contributed by atoms with Gasteiger partial charge in [-0.3, -0.25) is 0 Å². The van der Waals surface area contributed by atoms with E-state index >= 15 is 0 Å². The van der Waals surface area contributed by atoms with Gasteiger partial charge in [0.1, 0.15) is 17.4 Å². The SMILES string of the molecule is Cc1csc(COc2cc(Br)ccc2C)n1. The lowest BCUT2D eigenvalue weighted by molar-refractivity contribution is 0.303. The first-order chi connectivity index (χ1) is 7.65. The van der Waals surface area contributed by atoms with E-state index in [1.807, 2.05) is 37.4 Å². The maximum absolute atomic E-state index is 5.73. The summed E-state index contributed by atoms with van der Waals surface area (Å²) < 4.78 is 6.77. The van der Waals surface area contributed by atoms with Crippen LogP contribution in [0.3, 0.4) is 0 Å². The zero-order chi connectivity index (χ0) is 11.5. The minimum atomic E-state index is 0.538. The molecule has 84 valence electrons. The van der Waals surface area contributed by atoms with E-state index in [1.165, 1.54) is 0 Å². The zero-order valence-electron chi connectivity index (χ0n) is 9.16. The molecule has 0 radical (unpaired) electrons. The number of aryl methyl sites for hydroxylation is 2. The van der Waals surface area contributed by atoms with Crippen molar-refractivity contribution in [3.8, 4) is 5.75 Å². The Balaban J connectivity index is 2.07. The summed E-state index contributed by atoms with van der Waals surface area (Å²) in [6, 6.07) is 6.03. The van der Waals surface area contributed by atoms with Crippen molar-refractivity contribution in [2.45, 2.75) is 20.5 Å². The molecule has 1 aromatic heterocycles. The highest BCUT2D eigenvalue weighted by molar-refractivity contribution is 9.10. The second-order valence-corrected chi connectivity index (χ2v) is 5.44. The first-order valence-electron chi connectivity index (χ1n) is 4.95. The molecular formula is C12H12BrNOS. The fourth-order valence-electron chi connectivity index (χ4n) is 1.34. The smallest absolute Gasteiger partial charge is 0.140 e. The molecule has 0 saturated carbocycles. The van der Waals surface area contributed by atoms with Crippen molar-refractivity contribution in [3.63, 3.8) is 0 Å². The number of hydrogen-bond acceptors (Lipinski definition) is 3. The first-order valence-corrected chi connectivity index (χ1v) is 6.62. The average molecular weight is 298 g/mol. The van der Waals surface area contributed by atoms with Crippen LogP contribution in [-0.4, -0.2) is 4.98 Å². The van der Waals surface area contributed by atoms with Crippen molar-refractivity contribution in [1.29, 1.82) is 0 Å². The van der Waals surface area contributed by atoms with Gasteiger partial charge in [0.05, 0.1) is 0 Å². The quantitative estimate of drug-likeness (QED) is 0.851. The number of thiazole rings is 1. The van der Waals surface area contributed by atoms with E-state index in [-0.39, 0.29) is 0 Å². The molecule has 1 heterocycles. The molecule has 0 bridgehead atoms. The normalized spacial score (nSPS) is 10.4. The van der Waals surface area contributed by atoms with Crippen LogP contribution in [0.5, 0.6) is 5.75 Å². The van der Waals surface area contributed by atoms with E-state index in [4.69, 9.17) is 4.74 Å². The summed E-state index contributed by atoms with van der Waals surface area (Å²) in [7, 11) is 0. The van der Waals surface area contributed by atoms with Crippen molar-refractivity contribution < 1.29 is 4.74 Å². The van der Waals surface area contributed by atoms with E-state index in [9.17, 15) is 0 Å². The second-order valence-electron chi connectivity index (χ2n) is 3.58. The molecule has 4 heteroatoms. The lowest BCUT2D eigenvalue weighted by atomic mass is 10.2. The monoisotopic (exact) mass is 297 g/mol. The van der Waals surface area contributed by atoms with Gasteiger partial charge in [0.25, 0.3) is 0 Å². The minimum Gasteiger partial charge on any atom is -0.486 e. The van der Waals surface area contributed by atoms with Crippen LogP contribution in [0, 0.1) is 13.8 Å². The summed E-state index contributed by atoms with van der Waals surface area (Å²) in [5, 5.41) is 3.05. The summed E-state index contributed by atoms with van der Waals surface area (Å²) in [4.78, 5) is 4.36. The van der Waals surface area contributed by atoms with Crippen molar-refractivity contribution >= 4 is 27.3 Å². The van der Waals surface area contributed by atoms with Crippen LogP contribution >= 0.6 is 27.3 Å². The molecule has 0 amide bonds. The molecule has 0 aliphatic heterocycles. The Hall–Kier alpha value is -0.870. The molecule has 2 aromatic rings. The summed E-state index contributed by atoms with van der Waals surface area (Å²) >= 11 is 5.06. The third-order valence-electron chi connectivity index (χ3n) is 2.17. The molecular weight excluding hydrogens is 286 g/mol. The van der Waals surface area contributed by atoms with E-state index in [0.29, 0.717) is 6.61 Å². The number of nitrogens with zero attached hydrogens (tertiary/aromatic N) is 1. The molecule has 0 aliphatic carbocycles. The van der Waals surface area contributed by atoms with Gasteiger partial charge in [0.15, 0.2) is 0 Å². The van der Waals surface area contributed by atoms with Gasteiger partial charge in [-0.1, -0.05) is 22.0 Å². The standard InChI is InChI=1S/C12H12BrNOS/c1-8-3-4-10(13)5-11(8)15-6-12-14-9(2)7-16-12/h3-5,7H,6H2,1-2H3. The van der Waals surface area contributed by atoms with Gasteiger partial charge in [-0.15, -0.1) is 11.3 Å². The van der Waals surface area contributed by atoms with Gasteiger partial charge >= 0.3 is 0 Å². The lowest BCUT2D eigenvalue weighted by Crippen LogP contribution is -1.96. The number of ether oxygens (including phenoxy) is 1. The molecule has 2 nitrogen and oxygen atoms in total. The topological polar surface area (TPSA) is 22.1 Å². The Morgan fingerprint density at radius 2 is 2.19 bits per heavy atom.